The largest absolute Gasteiger partial charge is 0.337 e. The standard InChI is InChI=1S/C15H18Cl2N4/c1-20-6-5-19-15(20)14-9-18-4-7-21(14)10-11-2-3-12(16)13(17)8-11/h2-3,5-6,8,14,18H,4,7,9-10H2,1H3. The van der Waals surface area contributed by atoms with Crippen LogP contribution in [0.4, 0.5) is 0 Å². The minimum atomic E-state index is 0.271. The van der Waals surface area contributed by atoms with E-state index >= 15 is 0 Å². The summed E-state index contributed by atoms with van der Waals surface area (Å²) >= 11 is 12.1. The Hall–Kier alpha value is -1.07. The van der Waals surface area contributed by atoms with Crippen LogP contribution in [-0.2, 0) is 13.6 Å². The lowest BCUT2D eigenvalue weighted by Crippen LogP contribution is -2.46. The van der Waals surface area contributed by atoms with Crippen molar-refractivity contribution in [1.82, 2.24) is 19.8 Å². The third-order valence-electron chi connectivity index (χ3n) is 3.88. The maximum absolute atomic E-state index is 6.11. The first-order valence-corrected chi connectivity index (χ1v) is 7.76. The van der Waals surface area contributed by atoms with Crippen LogP contribution in [0.2, 0.25) is 10.0 Å². The van der Waals surface area contributed by atoms with E-state index in [1.165, 1.54) is 5.56 Å². The van der Waals surface area contributed by atoms with E-state index in [2.05, 4.69) is 19.8 Å². The second-order valence-electron chi connectivity index (χ2n) is 5.34. The van der Waals surface area contributed by atoms with Gasteiger partial charge in [0, 0.05) is 45.6 Å². The van der Waals surface area contributed by atoms with Gasteiger partial charge in [-0.2, -0.15) is 0 Å². The van der Waals surface area contributed by atoms with Gasteiger partial charge in [-0.25, -0.2) is 4.98 Å². The van der Waals surface area contributed by atoms with Gasteiger partial charge in [-0.15, -0.1) is 0 Å². The van der Waals surface area contributed by atoms with Crippen LogP contribution in [0.3, 0.4) is 0 Å². The van der Waals surface area contributed by atoms with E-state index in [4.69, 9.17) is 23.2 Å². The molecule has 1 unspecified atom stereocenters. The molecule has 1 N–H and O–H groups in total. The molecule has 3 rings (SSSR count). The van der Waals surface area contributed by atoms with E-state index in [9.17, 15) is 0 Å². The Bertz CT molecular complexity index is 626. The SMILES string of the molecule is Cn1ccnc1C1CNCCN1Cc1ccc(Cl)c(Cl)c1. The molecule has 1 aliphatic rings. The van der Waals surface area contributed by atoms with Crippen LogP contribution < -0.4 is 5.32 Å². The number of nitrogens with one attached hydrogen (secondary N) is 1. The van der Waals surface area contributed by atoms with Crippen LogP contribution in [0, 0.1) is 0 Å². The Morgan fingerprint density at radius 2 is 2.19 bits per heavy atom. The summed E-state index contributed by atoms with van der Waals surface area (Å²) in [6.45, 7) is 3.72. The maximum Gasteiger partial charge on any atom is 0.127 e. The van der Waals surface area contributed by atoms with Gasteiger partial charge in [-0.3, -0.25) is 4.90 Å². The third-order valence-corrected chi connectivity index (χ3v) is 4.62. The van der Waals surface area contributed by atoms with Crippen molar-refractivity contribution in [2.75, 3.05) is 19.6 Å². The normalized spacial score (nSPS) is 19.9. The van der Waals surface area contributed by atoms with Gasteiger partial charge in [-0.05, 0) is 17.7 Å². The molecular formula is C15H18Cl2N4. The van der Waals surface area contributed by atoms with Gasteiger partial charge >= 0.3 is 0 Å². The van der Waals surface area contributed by atoms with Gasteiger partial charge < -0.3 is 9.88 Å². The smallest absolute Gasteiger partial charge is 0.127 e. The van der Waals surface area contributed by atoms with Crippen LogP contribution in [0.5, 0.6) is 0 Å². The highest BCUT2D eigenvalue weighted by atomic mass is 35.5. The number of nitrogens with zero attached hydrogens (tertiary/aromatic N) is 3. The van der Waals surface area contributed by atoms with Crippen LogP contribution in [-0.4, -0.2) is 34.1 Å². The van der Waals surface area contributed by atoms with Crippen molar-refractivity contribution in [2.24, 2.45) is 7.05 Å². The monoisotopic (exact) mass is 324 g/mol. The molecule has 2 aromatic rings. The minimum absolute atomic E-state index is 0.271. The third kappa shape index (κ3) is 3.24. The molecule has 1 atom stereocenters. The first kappa shape index (κ1) is 14.9. The second kappa shape index (κ2) is 6.36. The van der Waals surface area contributed by atoms with Crippen LogP contribution in [0.1, 0.15) is 17.4 Å². The fourth-order valence-corrected chi connectivity index (χ4v) is 3.08. The molecule has 1 aromatic carbocycles. The Morgan fingerprint density at radius 1 is 1.33 bits per heavy atom. The van der Waals surface area contributed by atoms with Gasteiger partial charge in [0.1, 0.15) is 5.82 Å². The summed E-state index contributed by atoms with van der Waals surface area (Å²) in [4.78, 5) is 6.93. The van der Waals surface area contributed by atoms with E-state index in [-0.39, 0.29) is 6.04 Å². The predicted molar refractivity (Wildman–Crippen MR) is 85.7 cm³/mol. The number of imidazole rings is 1. The number of piperazine rings is 1. The van der Waals surface area contributed by atoms with Gasteiger partial charge in [0.15, 0.2) is 0 Å². The molecule has 0 aliphatic carbocycles. The Balaban J connectivity index is 1.81. The molecule has 0 spiro atoms. The second-order valence-corrected chi connectivity index (χ2v) is 6.15. The van der Waals surface area contributed by atoms with E-state index < -0.39 is 0 Å². The molecule has 0 saturated carbocycles. The van der Waals surface area contributed by atoms with E-state index in [0.29, 0.717) is 10.0 Å². The molecule has 6 heteroatoms. The average Bonchev–Trinajstić information content (AvgIpc) is 2.90. The molecule has 0 amide bonds. The van der Waals surface area contributed by atoms with E-state index in [1.54, 1.807) is 0 Å². The number of rotatable bonds is 3. The van der Waals surface area contributed by atoms with Crippen molar-refractivity contribution in [3.05, 3.63) is 52.0 Å². The first-order valence-electron chi connectivity index (χ1n) is 7.01. The zero-order chi connectivity index (χ0) is 14.8. The number of benzene rings is 1. The minimum Gasteiger partial charge on any atom is -0.337 e. The van der Waals surface area contributed by atoms with Crippen molar-refractivity contribution in [3.8, 4) is 0 Å². The fourth-order valence-electron chi connectivity index (χ4n) is 2.76. The number of aryl methyl sites for hydroxylation is 1. The summed E-state index contributed by atoms with van der Waals surface area (Å²) in [7, 11) is 2.04. The Labute approximate surface area is 134 Å². The first-order chi connectivity index (χ1) is 10.1. The predicted octanol–water partition coefficient (Wildman–Crippen LogP) is 2.87. The number of aromatic nitrogens is 2. The van der Waals surface area contributed by atoms with Crippen molar-refractivity contribution < 1.29 is 0 Å². The van der Waals surface area contributed by atoms with Crippen LogP contribution >= 0.6 is 23.2 Å². The highest BCUT2D eigenvalue weighted by molar-refractivity contribution is 6.42. The van der Waals surface area contributed by atoms with Crippen molar-refractivity contribution >= 4 is 23.2 Å². The van der Waals surface area contributed by atoms with E-state index in [0.717, 1.165) is 32.0 Å². The van der Waals surface area contributed by atoms with Crippen molar-refractivity contribution in [3.63, 3.8) is 0 Å². The quantitative estimate of drug-likeness (QED) is 0.942. The number of hydrogen-bond donors (Lipinski definition) is 1. The lowest BCUT2D eigenvalue weighted by Gasteiger charge is -2.35. The Kier molecular flexibility index (Phi) is 4.50. The molecule has 0 bridgehead atoms. The molecule has 2 heterocycles. The fraction of sp³-hybridized carbons (Fsp3) is 0.400. The van der Waals surface area contributed by atoms with Crippen molar-refractivity contribution in [1.29, 1.82) is 0 Å². The molecule has 0 radical (unpaired) electrons. The highest BCUT2D eigenvalue weighted by Gasteiger charge is 2.26. The summed E-state index contributed by atoms with van der Waals surface area (Å²) < 4.78 is 2.08. The lowest BCUT2D eigenvalue weighted by atomic mass is 10.1. The summed E-state index contributed by atoms with van der Waals surface area (Å²) in [5.74, 6) is 1.09. The molecular weight excluding hydrogens is 307 g/mol. The van der Waals surface area contributed by atoms with Crippen LogP contribution in [0.25, 0.3) is 0 Å². The summed E-state index contributed by atoms with van der Waals surface area (Å²) in [6.07, 6.45) is 3.84. The zero-order valence-corrected chi connectivity index (χ0v) is 13.4. The molecule has 4 nitrogen and oxygen atoms in total. The highest BCUT2D eigenvalue weighted by Crippen LogP contribution is 2.26. The van der Waals surface area contributed by atoms with Gasteiger partial charge in [0.25, 0.3) is 0 Å². The molecule has 1 saturated heterocycles. The summed E-state index contributed by atoms with van der Waals surface area (Å²) in [5.41, 5.74) is 1.17. The maximum atomic E-state index is 6.11. The molecule has 21 heavy (non-hydrogen) atoms. The molecule has 1 aliphatic heterocycles. The summed E-state index contributed by atoms with van der Waals surface area (Å²) in [6, 6.07) is 6.11. The molecule has 112 valence electrons. The van der Waals surface area contributed by atoms with Crippen molar-refractivity contribution in [2.45, 2.75) is 12.6 Å². The van der Waals surface area contributed by atoms with Gasteiger partial charge in [0.05, 0.1) is 16.1 Å². The lowest BCUT2D eigenvalue weighted by molar-refractivity contribution is 0.145. The molecule has 1 aromatic heterocycles. The topological polar surface area (TPSA) is 33.1 Å². The average molecular weight is 325 g/mol. The molecule has 1 fully saturated rings. The van der Waals surface area contributed by atoms with Crippen LogP contribution in [0.15, 0.2) is 30.6 Å². The zero-order valence-electron chi connectivity index (χ0n) is 11.9. The summed E-state index contributed by atoms with van der Waals surface area (Å²) in [5, 5.41) is 4.65. The Morgan fingerprint density at radius 3 is 2.90 bits per heavy atom. The number of hydrogen-bond acceptors (Lipinski definition) is 3. The van der Waals surface area contributed by atoms with E-state index in [1.807, 2.05) is 37.6 Å². The van der Waals surface area contributed by atoms with Gasteiger partial charge in [0.2, 0.25) is 0 Å². The number of halogens is 2. The van der Waals surface area contributed by atoms with Gasteiger partial charge in [-0.1, -0.05) is 29.3 Å².